The van der Waals surface area contributed by atoms with Crippen LogP contribution in [0.2, 0.25) is 0 Å². The van der Waals surface area contributed by atoms with Gasteiger partial charge in [-0.2, -0.15) is 5.26 Å². The van der Waals surface area contributed by atoms with Crippen molar-refractivity contribution >= 4 is 22.9 Å². The number of hydrogen-bond acceptors (Lipinski definition) is 4. The van der Waals surface area contributed by atoms with Crippen molar-refractivity contribution in [3.63, 3.8) is 0 Å². The van der Waals surface area contributed by atoms with Gasteiger partial charge < -0.3 is 5.32 Å². The minimum Gasteiger partial charge on any atom is -0.339 e. The molecule has 160 valence electrons. The highest BCUT2D eigenvalue weighted by atomic mass is 19.1. The normalized spacial score (nSPS) is 15.1. The number of fused-ring (bicyclic) bond motifs is 1. The van der Waals surface area contributed by atoms with Crippen LogP contribution in [0.3, 0.4) is 0 Å². The Morgan fingerprint density at radius 1 is 0.879 bits per heavy atom. The largest absolute Gasteiger partial charge is 0.339 e. The number of benzene rings is 3. The Bertz CT molecular complexity index is 1400. The van der Waals surface area contributed by atoms with E-state index in [1.807, 2.05) is 30.3 Å². The Labute approximate surface area is 188 Å². The number of hydrazine groups is 1. The van der Waals surface area contributed by atoms with E-state index in [2.05, 4.69) is 16.8 Å². The van der Waals surface area contributed by atoms with Crippen molar-refractivity contribution in [1.82, 2.24) is 15.8 Å². The first kappa shape index (κ1) is 20.2. The highest BCUT2D eigenvalue weighted by Gasteiger charge is 2.30. The number of nitrogens with zero attached hydrogens (tertiary/aromatic N) is 2. The van der Waals surface area contributed by atoms with E-state index in [0.717, 1.165) is 17.2 Å². The van der Waals surface area contributed by atoms with Gasteiger partial charge in [0.25, 0.3) is 5.91 Å². The Kier molecular flexibility index (Phi) is 4.96. The van der Waals surface area contributed by atoms with Gasteiger partial charge in [0.15, 0.2) is 0 Å². The summed E-state index contributed by atoms with van der Waals surface area (Å²) >= 11 is 0. The number of halogens is 2. The van der Waals surface area contributed by atoms with Crippen LogP contribution in [0.5, 0.6) is 0 Å². The smallest absolute Gasteiger partial charge is 0.273 e. The molecule has 5 nitrogen and oxygen atoms in total. The second-order valence-electron chi connectivity index (χ2n) is 7.47. The van der Waals surface area contributed by atoms with Gasteiger partial charge in [0, 0.05) is 28.8 Å². The van der Waals surface area contributed by atoms with Crippen LogP contribution in [-0.2, 0) is 4.79 Å². The van der Waals surface area contributed by atoms with Gasteiger partial charge in [-0.05, 0) is 35.9 Å². The maximum Gasteiger partial charge on any atom is 0.273 e. The van der Waals surface area contributed by atoms with Crippen molar-refractivity contribution in [1.29, 1.82) is 5.26 Å². The SMILES string of the molecule is N#Cc1ccc(C2=CC(=O)N3NC(c4ccccc4)=C(c4ccc(F)cc4F)C=C3N2)cc1. The summed E-state index contributed by atoms with van der Waals surface area (Å²) in [6, 6.07) is 21.5. The van der Waals surface area contributed by atoms with Crippen molar-refractivity contribution in [2.45, 2.75) is 0 Å². The quantitative estimate of drug-likeness (QED) is 0.630. The monoisotopic (exact) mass is 438 g/mol. The predicted molar refractivity (Wildman–Crippen MR) is 120 cm³/mol. The third-order valence-electron chi connectivity index (χ3n) is 5.37. The zero-order valence-electron chi connectivity index (χ0n) is 17.1. The molecule has 1 amide bonds. The number of carbonyl (C=O) groups is 1. The lowest BCUT2D eigenvalue weighted by molar-refractivity contribution is -0.126. The molecule has 5 rings (SSSR count). The molecular weight excluding hydrogens is 422 g/mol. The summed E-state index contributed by atoms with van der Waals surface area (Å²) in [4.78, 5) is 13.0. The highest BCUT2D eigenvalue weighted by Crippen LogP contribution is 2.34. The maximum absolute atomic E-state index is 14.8. The second-order valence-corrected chi connectivity index (χ2v) is 7.47. The van der Waals surface area contributed by atoms with Crippen LogP contribution in [-0.4, -0.2) is 10.9 Å². The first-order valence-electron chi connectivity index (χ1n) is 10.1. The van der Waals surface area contributed by atoms with Crippen LogP contribution < -0.4 is 10.7 Å². The molecule has 0 aromatic heterocycles. The van der Waals surface area contributed by atoms with Crippen molar-refractivity contribution in [2.75, 3.05) is 0 Å². The Hall–Kier alpha value is -4.70. The van der Waals surface area contributed by atoms with Crippen LogP contribution in [0.1, 0.15) is 22.3 Å². The third-order valence-corrected chi connectivity index (χ3v) is 5.37. The fraction of sp³-hybridized carbons (Fsp3) is 0. The van der Waals surface area contributed by atoms with Crippen molar-refractivity contribution < 1.29 is 13.6 Å². The molecular formula is C26H16F2N4O. The molecule has 0 aliphatic carbocycles. The molecule has 33 heavy (non-hydrogen) atoms. The van der Waals surface area contributed by atoms with Crippen molar-refractivity contribution in [3.05, 3.63) is 125 Å². The summed E-state index contributed by atoms with van der Waals surface area (Å²) in [7, 11) is 0. The van der Waals surface area contributed by atoms with Crippen molar-refractivity contribution in [2.24, 2.45) is 0 Å². The van der Waals surface area contributed by atoms with Gasteiger partial charge in [0.2, 0.25) is 0 Å². The summed E-state index contributed by atoms with van der Waals surface area (Å²) in [6.07, 6.45) is 3.10. The van der Waals surface area contributed by atoms with Crippen LogP contribution >= 0.6 is 0 Å². The zero-order chi connectivity index (χ0) is 22.9. The number of hydrogen-bond donors (Lipinski definition) is 2. The number of rotatable bonds is 3. The van der Waals surface area contributed by atoms with Crippen molar-refractivity contribution in [3.8, 4) is 6.07 Å². The summed E-state index contributed by atoms with van der Waals surface area (Å²) in [5, 5.41) is 13.5. The lowest BCUT2D eigenvalue weighted by atomic mass is 9.97. The first-order valence-corrected chi connectivity index (χ1v) is 10.1. The molecule has 0 spiro atoms. The molecule has 2 aliphatic rings. The van der Waals surface area contributed by atoms with Gasteiger partial charge in [0.05, 0.1) is 23.0 Å². The lowest BCUT2D eigenvalue weighted by Gasteiger charge is -2.36. The number of amides is 1. The molecule has 2 N–H and O–H groups in total. The number of nitriles is 1. The average Bonchev–Trinajstić information content (AvgIpc) is 2.84. The fourth-order valence-corrected chi connectivity index (χ4v) is 3.76. The Morgan fingerprint density at radius 2 is 1.64 bits per heavy atom. The number of carbonyl (C=O) groups excluding carboxylic acids is 1. The van der Waals surface area contributed by atoms with Gasteiger partial charge in [-0.15, -0.1) is 0 Å². The van der Waals surface area contributed by atoms with E-state index in [0.29, 0.717) is 28.4 Å². The molecule has 2 aliphatic heterocycles. The summed E-state index contributed by atoms with van der Waals surface area (Å²) in [5.41, 5.74) is 6.75. The van der Waals surface area contributed by atoms with Crippen LogP contribution in [0.25, 0.3) is 17.0 Å². The van der Waals surface area contributed by atoms with Crippen LogP contribution in [0.4, 0.5) is 8.78 Å². The standard InChI is InChI=1S/C26H16F2N4O/c27-19-10-11-20(22(28)12-19)21-13-24-30-23(17-8-6-16(15-29)7-9-17)14-25(33)32(24)31-26(21)18-4-2-1-3-5-18/h1-14,30-31H. The Morgan fingerprint density at radius 3 is 2.33 bits per heavy atom. The molecule has 3 aromatic carbocycles. The minimum atomic E-state index is -0.712. The zero-order valence-corrected chi connectivity index (χ0v) is 17.1. The van der Waals surface area contributed by atoms with E-state index in [4.69, 9.17) is 5.26 Å². The van der Waals surface area contributed by atoms with Crippen LogP contribution in [0, 0.1) is 23.0 Å². The van der Waals surface area contributed by atoms with E-state index in [1.54, 1.807) is 30.3 Å². The lowest BCUT2D eigenvalue weighted by Crippen LogP contribution is -2.49. The van der Waals surface area contributed by atoms with Crippen LogP contribution in [0.15, 0.2) is 90.8 Å². The number of nitrogens with one attached hydrogen (secondary N) is 2. The average molecular weight is 438 g/mol. The van der Waals surface area contributed by atoms with E-state index in [-0.39, 0.29) is 11.5 Å². The molecule has 3 aromatic rings. The van der Waals surface area contributed by atoms with Gasteiger partial charge >= 0.3 is 0 Å². The van der Waals surface area contributed by atoms with E-state index < -0.39 is 11.6 Å². The molecule has 2 heterocycles. The first-order chi connectivity index (χ1) is 16.0. The second kappa shape index (κ2) is 8.09. The van der Waals surface area contributed by atoms with Gasteiger partial charge in [-0.25, -0.2) is 13.8 Å². The molecule has 0 bridgehead atoms. The molecule has 7 heteroatoms. The summed E-state index contributed by atoms with van der Waals surface area (Å²) < 4.78 is 28.3. The number of allylic oxidation sites excluding steroid dienone is 2. The summed E-state index contributed by atoms with van der Waals surface area (Å²) in [6.45, 7) is 0. The molecule has 0 fully saturated rings. The highest BCUT2D eigenvalue weighted by molar-refractivity contribution is 6.03. The molecule has 0 saturated heterocycles. The third kappa shape index (κ3) is 3.75. The maximum atomic E-state index is 14.8. The molecule has 0 atom stereocenters. The van der Waals surface area contributed by atoms with Gasteiger partial charge in [-0.1, -0.05) is 42.5 Å². The topological polar surface area (TPSA) is 68.2 Å². The van der Waals surface area contributed by atoms with Gasteiger partial charge in [0.1, 0.15) is 17.5 Å². The summed E-state index contributed by atoms with van der Waals surface area (Å²) in [5.74, 6) is -1.32. The fourth-order valence-electron chi connectivity index (χ4n) is 3.76. The Balaban J connectivity index is 1.62. The van der Waals surface area contributed by atoms with E-state index >= 15 is 0 Å². The van der Waals surface area contributed by atoms with E-state index in [1.165, 1.54) is 23.2 Å². The molecule has 0 unspecified atom stereocenters. The predicted octanol–water partition coefficient (Wildman–Crippen LogP) is 4.54. The molecule has 0 saturated carbocycles. The molecule has 0 radical (unpaired) electrons. The minimum absolute atomic E-state index is 0.193. The van der Waals surface area contributed by atoms with Gasteiger partial charge in [-0.3, -0.25) is 10.2 Å². The van der Waals surface area contributed by atoms with E-state index in [9.17, 15) is 13.6 Å².